The van der Waals surface area contributed by atoms with E-state index in [1.165, 1.54) is 41.3 Å². The van der Waals surface area contributed by atoms with Crippen molar-refractivity contribution in [2.45, 2.75) is 9.99 Å². The van der Waals surface area contributed by atoms with Crippen molar-refractivity contribution in [2.24, 2.45) is 7.05 Å². The third-order valence-corrected chi connectivity index (χ3v) is 6.90. The monoisotopic (exact) mass is 466 g/mol. The largest absolute Gasteiger partial charge is 0.443 e. The van der Waals surface area contributed by atoms with Gasteiger partial charge in [-0.3, -0.25) is 14.1 Å². The van der Waals surface area contributed by atoms with Crippen molar-refractivity contribution in [1.29, 1.82) is 0 Å². The molecule has 0 saturated heterocycles. The number of para-hydroxylation sites is 1. The van der Waals surface area contributed by atoms with E-state index in [2.05, 4.69) is 14.5 Å². The second-order valence-corrected chi connectivity index (χ2v) is 10.1. The fourth-order valence-electron chi connectivity index (χ4n) is 2.72. The minimum Gasteiger partial charge on any atom is -0.443 e. The molecule has 0 bridgehead atoms. The smallest absolute Gasteiger partial charge is 0.295 e. The Balaban J connectivity index is 1.69. The zero-order valence-electron chi connectivity index (χ0n) is 15.4. The Hall–Kier alpha value is -3.02. The molecule has 4 rings (SSSR count). The minimum absolute atomic E-state index is 0.0112. The van der Waals surface area contributed by atoms with Crippen LogP contribution in [0.3, 0.4) is 0 Å². The van der Waals surface area contributed by atoms with E-state index in [9.17, 15) is 16.8 Å². The molecule has 0 fully saturated rings. The van der Waals surface area contributed by atoms with Gasteiger partial charge in [0, 0.05) is 29.7 Å². The lowest BCUT2D eigenvalue weighted by Gasteiger charge is -2.13. The van der Waals surface area contributed by atoms with Crippen molar-refractivity contribution in [3.63, 3.8) is 0 Å². The van der Waals surface area contributed by atoms with Crippen molar-refractivity contribution >= 4 is 54.0 Å². The van der Waals surface area contributed by atoms with Crippen LogP contribution in [0.1, 0.15) is 0 Å². The number of sulfonamides is 2. The maximum absolute atomic E-state index is 12.8. The predicted octanol–water partition coefficient (Wildman–Crippen LogP) is 3.42. The molecule has 0 aliphatic heterocycles. The molecule has 156 valence electrons. The van der Waals surface area contributed by atoms with Gasteiger partial charge in [0.2, 0.25) is 5.09 Å². The quantitative estimate of drug-likeness (QED) is 0.448. The first-order chi connectivity index (χ1) is 14.1. The second-order valence-electron chi connectivity index (χ2n) is 6.35. The van der Waals surface area contributed by atoms with Crippen LogP contribution in [0.25, 0.3) is 11.0 Å². The van der Waals surface area contributed by atoms with Crippen LogP contribution < -0.4 is 9.44 Å². The highest BCUT2D eigenvalue weighted by molar-refractivity contribution is 7.93. The van der Waals surface area contributed by atoms with E-state index >= 15 is 0 Å². The molecule has 0 aliphatic carbocycles. The average molecular weight is 467 g/mol. The maximum Gasteiger partial charge on any atom is 0.295 e. The van der Waals surface area contributed by atoms with Gasteiger partial charge >= 0.3 is 0 Å². The summed E-state index contributed by atoms with van der Waals surface area (Å²) in [4.78, 5) is -0.0777. The van der Waals surface area contributed by atoms with Crippen molar-refractivity contribution in [3.8, 4) is 0 Å². The molecule has 2 aromatic carbocycles. The standard InChI is InChI=1S/C18H15ClN4O5S2/c1-23-11-14(10-20-23)29(24,25)21-15-7-6-13(19)9-16(15)22-30(26,27)18-8-12-4-2-3-5-17(12)28-18/h2-11,21-22H,1H3. The molecule has 0 amide bonds. The molecule has 30 heavy (non-hydrogen) atoms. The fraction of sp³-hybridized carbons (Fsp3) is 0.0556. The molecular formula is C18H15ClN4O5S2. The lowest BCUT2D eigenvalue weighted by molar-refractivity contribution is 0.484. The highest BCUT2D eigenvalue weighted by atomic mass is 35.5. The van der Waals surface area contributed by atoms with Crippen LogP contribution in [0.5, 0.6) is 0 Å². The number of aromatic nitrogens is 2. The van der Waals surface area contributed by atoms with Gasteiger partial charge in [0.1, 0.15) is 10.5 Å². The third kappa shape index (κ3) is 3.99. The van der Waals surface area contributed by atoms with E-state index in [1.54, 1.807) is 31.3 Å². The number of furan rings is 1. The summed E-state index contributed by atoms with van der Waals surface area (Å²) in [6, 6.07) is 12.3. The molecule has 0 unspecified atom stereocenters. The highest BCUT2D eigenvalue weighted by Crippen LogP contribution is 2.31. The molecule has 2 aromatic heterocycles. The zero-order chi connectivity index (χ0) is 21.5. The van der Waals surface area contributed by atoms with E-state index in [0.717, 1.165) is 0 Å². The van der Waals surface area contributed by atoms with E-state index in [4.69, 9.17) is 16.0 Å². The summed E-state index contributed by atoms with van der Waals surface area (Å²) >= 11 is 6.00. The molecule has 0 saturated carbocycles. The van der Waals surface area contributed by atoms with Gasteiger partial charge in [-0.1, -0.05) is 29.8 Å². The Bertz CT molecular complexity index is 1430. The first kappa shape index (κ1) is 20.3. The van der Waals surface area contributed by atoms with Crippen LogP contribution in [0.2, 0.25) is 5.02 Å². The number of rotatable bonds is 6. The molecule has 2 heterocycles. The van der Waals surface area contributed by atoms with E-state index in [1.807, 2.05) is 0 Å². The second kappa shape index (κ2) is 7.35. The van der Waals surface area contributed by atoms with Crippen LogP contribution in [-0.2, 0) is 27.1 Å². The van der Waals surface area contributed by atoms with Crippen molar-refractivity contribution in [3.05, 3.63) is 65.9 Å². The topological polar surface area (TPSA) is 123 Å². The Morgan fingerprint density at radius 2 is 1.70 bits per heavy atom. The number of hydrogen-bond donors (Lipinski definition) is 2. The predicted molar refractivity (Wildman–Crippen MR) is 112 cm³/mol. The summed E-state index contributed by atoms with van der Waals surface area (Å²) in [5, 5.41) is 4.34. The molecule has 0 radical (unpaired) electrons. The van der Waals surface area contributed by atoms with Crippen molar-refractivity contribution in [2.75, 3.05) is 9.44 Å². The lowest BCUT2D eigenvalue weighted by Crippen LogP contribution is -2.17. The molecule has 0 aliphatic rings. The van der Waals surface area contributed by atoms with Crippen molar-refractivity contribution in [1.82, 2.24) is 9.78 Å². The van der Waals surface area contributed by atoms with Crippen LogP contribution >= 0.6 is 11.6 Å². The lowest BCUT2D eigenvalue weighted by atomic mass is 10.3. The molecule has 0 atom stereocenters. The summed E-state index contributed by atoms with van der Waals surface area (Å²) < 4.78 is 62.3. The van der Waals surface area contributed by atoms with Crippen LogP contribution in [0.15, 0.2) is 75.3 Å². The number of nitrogens with zero attached hydrogens (tertiary/aromatic N) is 2. The zero-order valence-corrected chi connectivity index (χ0v) is 17.8. The SMILES string of the molecule is Cn1cc(S(=O)(=O)Nc2ccc(Cl)cc2NS(=O)(=O)c2cc3ccccc3o2)cn1. The summed E-state index contributed by atoms with van der Waals surface area (Å²) in [7, 11) is -6.58. The normalized spacial score (nSPS) is 12.2. The molecule has 0 spiro atoms. The number of hydrogen-bond acceptors (Lipinski definition) is 6. The van der Waals surface area contributed by atoms with Crippen molar-refractivity contribution < 1.29 is 21.3 Å². The van der Waals surface area contributed by atoms with Gasteiger partial charge in [-0.15, -0.1) is 0 Å². The number of fused-ring (bicyclic) bond motifs is 1. The summed E-state index contributed by atoms with van der Waals surface area (Å²) in [5.74, 6) is 0. The first-order valence-corrected chi connectivity index (χ1v) is 11.8. The average Bonchev–Trinajstić information content (AvgIpc) is 3.30. The Labute approximate surface area is 177 Å². The summed E-state index contributed by atoms with van der Waals surface area (Å²) in [6.07, 6.45) is 2.49. The van der Waals surface area contributed by atoms with Crippen LogP contribution in [0.4, 0.5) is 11.4 Å². The van der Waals surface area contributed by atoms with Crippen LogP contribution in [-0.4, -0.2) is 26.6 Å². The van der Waals surface area contributed by atoms with Gasteiger partial charge in [-0.2, -0.15) is 13.5 Å². The maximum atomic E-state index is 12.8. The highest BCUT2D eigenvalue weighted by Gasteiger charge is 2.23. The molecule has 4 aromatic rings. The van der Waals surface area contributed by atoms with E-state index < -0.39 is 20.0 Å². The third-order valence-electron chi connectivity index (χ3n) is 4.13. The molecular weight excluding hydrogens is 452 g/mol. The van der Waals surface area contributed by atoms with Crippen LogP contribution in [0, 0.1) is 0 Å². The van der Waals surface area contributed by atoms with Gasteiger partial charge in [-0.05, 0) is 24.3 Å². The number of aryl methyl sites for hydroxylation is 1. The van der Waals surface area contributed by atoms with Gasteiger partial charge in [-0.25, -0.2) is 8.42 Å². The molecule has 2 N–H and O–H groups in total. The van der Waals surface area contributed by atoms with Gasteiger partial charge < -0.3 is 4.42 Å². The Kier molecular flexibility index (Phi) is 4.96. The molecule has 12 heteroatoms. The fourth-order valence-corrected chi connectivity index (χ4v) is 4.99. The van der Waals surface area contributed by atoms with E-state index in [-0.39, 0.29) is 26.4 Å². The summed E-state index contributed by atoms with van der Waals surface area (Å²) in [5.41, 5.74) is 0.333. The van der Waals surface area contributed by atoms with Gasteiger partial charge in [0.05, 0.1) is 17.6 Å². The molecule has 9 nitrogen and oxygen atoms in total. The van der Waals surface area contributed by atoms with Gasteiger partial charge in [0.25, 0.3) is 20.0 Å². The Morgan fingerprint density at radius 1 is 0.967 bits per heavy atom. The van der Waals surface area contributed by atoms with E-state index in [0.29, 0.717) is 11.0 Å². The van der Waals surface area contributed by atoms with Gasteiger partial charge in [0.15, 0.2) is 0 Å². The number of benzene rings is 2. The first-order valence-electron chi connectivity index (χ1n) is 8.46. The number of nitrogens with one attached hydrogen (secondary N) is 2. The number of halogens is 1. The Morgan fingerprint density at radius 3 is 2.40 bits per heavy atom. The number of anilines is 2. The summed E-state index contributed by atoms with van der Waals surface area (Å²) in [6.45, 7) is 0. The minimum atomic E-state index is -4.16.